The smallest absolute Gasteiger partial charge is 0.237 e. The zero-order valence-corrected chi connectivity index (χ0v) is 9.12. The van der Waals surface area contributed by atoms with Crippen LogP contribution < -0.4 is 10.1 Å². The lowest BCUT2D eigenvalue weighted by Gasteiger charge is -2.25. The molecule has 1 aliphatic heterocycles. The molecule has 1 aliphatic rings. The van der Waals surface area contributed by atoms with Gasteiger partial charge >= 0.3 is 0 Å². The SMILES string of the molecule is OCCC1CNc2cc(Br)cnc2O1. The monoisotopic (exact) mass is 258 g/mol. The first-order valence-corrected chi connectivity index (χ1v) is 5.26. The average Bonchev–Trinajstić information content (AvgIpc) is 2.19. The van der Waals surface area contributed by atoms with Crippen LogP contribution in [0.4, 0.5) is 5.69 Å². The number of pyridine rings is 1. The molecule has 2 rings (SSSR count). The fourth-order valence-electron chi connectivity index (χ4n) is 1.38. The van der Waals surface area contributed by atoms with Crippen molar-refractivity contribution in [1.82, 2.24) is 4.98 Å². The van der Waals surface area contributed by atoms with Crippen LogP contribution in [0.2, 0.25) is 0 Å². The number of ether oxygens (including phenoxy) is 1. The van der Waals surface area contributed by atoms with Crippen molar-refractivity contribution < 1.29 is 9.84 Å². The molecule has 76 valence electrons. The molecule has 0 spiro atoms. The first-order chi connectivity index (χ1) is 6.79. The Bertz CT molecular complexity index is 333. The molecule has 5 heteroatoms. The van der Waals surface area contributed by atoms with Gasteiger partial charge in [0, 0.05) is 23.7 Å². The van der Waals surface area contributed by atoms with Crippen LogP contribution in [0.25, 0.3) is 0 Å². The number of hydrogen-bond donors (Lipinski definition) is 2. The van der Waals surface area contributed by atoms with Crippen LogP contribution in [0, 0.1) is 0 Å². The Labute approximate surface area is 90.4 Å². The number of anilines is 1. The molecule has 1 unspecified atom stereocenters. The van der Waals surface area contributed by atoms with Gasteiger partial charge in [0.15, 0.2) is 0 Å². The maximum absolute atomic E-state index is 8.77. The summed E-state index contributed by atoms with van der Waals surface area (Å²) in [5, 5.41) is 12.0. The predicted octanol–water partition coefficient (Wildman–Crippen LogP) is 1.40. The van der Waals surface area contributed by atoms with E-state index in [1.807, 2.05) is 6.07 Å². The summed E-state index contributed by atoms with van der Waals surface area (Å²) in [6.45, 7) is 0.851. The highest BCUT2D eigenvalue weighted by molar-refractivity contribution is 9.10. The number of aliphatic hydroxyl groups is 1. The fraction of sp³-hybridized carbons (Fsp3) is 0.444. The number of hydrogen-bond acceptors (Lipinski definition) is 4. The van der Waals surface area contributed by atoms with Crippen molar-refractivity contribution in [3.8, 4) is 5.88 Å². The van der Waals surface area contributed by atoms with Gasteiger partial charge in [-0.2, -0.15) is 0 Å². The Morgan fingerprint density at radius 1 is 1.71 bits per heavy atom. The summed E-state index contributed by atoms with van der Waals surface area (Å²) in [4.78, 5) is 4.14. The van der Waals surface area contributed by atoms with Gasteiger partial charge in [0.1, 0.15) is 6.10 Å². The predicted molar refractivity (Wildman–Crippen MR) is 56.5 cm³/mol. The Morgan fingerprint density at radius 3 is 3.36 bits per heavy atom. The maximum atomic E-state index is 8.77. The summed E-state index contributed by atoms with van der Waals surface area (Å²) in [6, 6.07) is 1.93. The van der Waals surface area contributed by atoms with E-state index in [1.165, 1.54) is 0 Å². The molecule has 1 atom stereocenters. The van der Waals surface area contributed by atoms with Gasteiger partial charge in [-0.15, -0.1) is 0 Å². The van der Waals surface area contributed by atoms with Crippen molar-refractivity contribution in [2.24, 2.45) is 0 Å². The quantitative estimate of drug-likeness (QED) is 0.842. The Morgan fingerprint density at radius 2 is 2.57 bits per heavy atom. The van der Waals surface area contributed by atoms with Crippen molar-refractivity contribution in [3.05, 3.63) is 16.7 Å². The number of aliphatic hydroxyl groups excluding tert-OH is 1. The molecule has 0 aromatic carbocycles. The largest absolute Gasteiger partial charge is 0.471 e. The fourth-order valence-corrected chi connectivity index (χ4v) is 1.71. The van der Waals surface area contributed by atoms with E-state index < -0.39 is 0 Å². The van der Waals surface area contributed by atoms with E-state index in [9.17, 15) is 0 Å². The van der Waals surface area contributed by atoms with Crippen LogP contribution in [0.5, 0.6) is 5.88 Å². The van der Waals surface area contributed by atoms with E-state index >= 15 is 0 Å². The van der Waals surface area contributed by atoms with E-state index in [-0.39, 0.29) is 12.7 Å². The average molecular weight is 259 g/mol. The first kappa shape index (κ1) is 9.73. The van der Waals surface area contributed by atoms with Gasteiger partial charge in [-0.1, -0.05) is 0 Å². The molecule has 0 saturated heterocycles. The third kappa shape index (κ3) is 1.99. The third-order valence-corrected chi connectivity index (χ3v) is 2.50. The van der Waals surface area contributed by atoms with Crippen LogP contribution in [-0.2, 0) is 0 Å². The number of nitrogens with zero attached hydrogens (tertiary/aromatic N) is 1. The minimum Gasteiger partial charge on any atom is -0.471 e. The highest BCUT2D eigenvalue weighted by atomic mass is 79.9. The Hall–Kier alpha value is -0.810. The number of halogens is 1. The van der Waals surface area contributed by atoms with Crippen LogP contribution in [0.3, 0.4) is 0 Å². The summed E-state index contributed by atoms with van der Waals surface area (Å²) < 4.78 is 6.50. The number of nitrogens with one attached hydrogen (secondary N) is 1. The van der Waals surface area contributed by atoms with Crippen molar-refractivity contribution in [2.45, 2.75) is 12.5 Å². The first-order valence-electron chi connectivity index (χ1n) is 4.46. The number of rotatable bonds is 2. The van der Waals surface area contributed by atoms with Gasteiger partial charge in [-0.25, -0.2) is 4.98 Å². The highest BCUT2D eigenvalue weighted by Crippen LogP contribution is 2.29. The molecule has 2 heterocycles. The van der Waals surface area contributed by atoms with Gasteiger partial charge in [0.25, 0.3) is 0 Å². The third-order valence-electron chi connectivity index (χ3n) is 2.07. The minimum absolute atomic E-state index is 0.0150. The number of fused-ring (bicyclic) bond motifs is 1. The lowest BCUT2D eigenvalue weighted by Crippen LogP contribution is -2.31. The van der Waals surface area contributed by atoms with Gasteiger partial charge in [0.2, 0.25) is 5.88 Å². The van der Waals surface area contributed by atoms with Gasteiger partial charge in [0.05, 0.1) is 12.2 Å². The summed E-state index contributed by atoms with van der Waals surface area (Å²) in [5.74, 6) is 0.609. The van der Waals surface area contributed by atoms with E-state index in [0.29, 0.717) is 18.8 Å². The van der Waals surface area contributed by atoms with Gasteiger partial charge in [-0.3, -0.25) is 0 Å². The van der Waals surface area contributed by atoms with Crippen molar-refractivity contribution in [2.75, 3.05) is 18.5 Å². The molecule has 14 heavy (non-hydrogen) atoms. The second kappa shape index (κ2) is 4.14. The van der Waals surface area contributed by atoms with Gasteiger partial charge in [-0.05, 0) is 22.0 Å². The molecule has 0 saturated carbocycles. The Kier molecular flexibility index (Phi) is 2.88. The van der Waals surface area contributed by atoms with Crippen molar-refractivity contribution in [3.63, 3.8) is 0 Å². The zero-order valence-electron chi connectivity index (χ0n) is 7.53. The van der Waals surface area contributed by atoms with Crippen LogP contribution in [0.15, 0.2) is 16.7 Å². The molecule has 1 aromatic rings. The van der Waals surface area contributed by atoms with Crippen molar-refractivity contribution in [1.29, 1.82) is 0 Å². The highest BCUT2D eigenvalue weighted by Gasteiger charge is 2.19. The second-order valence-corrected chi connectivity index (χ2v) is 4.05. The lowest BCUT2D eigenvalue weighted by atomic mass is 10.2. The second-order valence-electron chi connectivity index (χ2n) is 3.14. The zero-order chi connectivity index (χ0) is 9.97. The van der Waals surface area contributed by atoms with Crippen LogP contribution in [0.1, 0.15) is 6.42 Å². The minimum atomic E-state index is 0.0150. The summed E-state index contributed by atoms with van der Waals surface area (Å²) in [5.41, 5.74) is 0.897. The molecular weight excluding hydrogens is 248 g/mol. The van der Waals surface area contributed by atoms with E-state index in [4.69, 9.17) is 9.84 Å². The maximum Gasteiger partial charge on any atom is 0.237 e. The standard InChI is InChI=1S/C9H11BrN2O2/c10-6-3-8-9(12-4-6)14-7(1-2-13)5-11-8/h3-4,7,11,13H,1-2,5H2. The molecule has 4 nitrogen and oxygen atoms in total. The molecule has 1 aromatic heterocycles. The van der Waals surface area contributed by atoms with Crippen LogP contribution >= 0.6 is 15.9 Å². The number of aromatic nitrogens is 1. The van der Waals surface area contributed by atoms with Crippen molar-refractivity contribution >= 4 is 21.6 Å². The topological polar surface area (TPSA) is 54.4 Å². The molecular formula is C9H11BrN2O2. The lowest BCUT2D eigenvalue weighted by molar-refractivity contribution is 0.152. The molecule has 0 amide bonds. The Balaban J connectivity index is 2.15. The van der Waals surface area contributed by atoms with Gasteiger partial charge < -0.3 is 15.2 Å². The van der Waals surface area contributed by atoms with E-state index in [2.05, 4.69) is 26.2 Å². The van der Waals surface area contributed by atoms with E-state index in [0.717, 1.165) is 10.2 Å². The molecule has 0 bridgehead atoms. The van der Waals surface area contributed by atoms with E-state index in [1.54, 1.807) is 6.20 Å². The molecule has 0 aliphatic carbocycles. The molecule has 2 N–H and O–H groups in total. The summed E-state index contributed by atoms with van der Waals surface area (Å²) >= 11 is 3.34. The summed E-state index contributed by atoms with van der Waals surface area (Å²) in [6.07, 6.45) is 2.34. The van der Waals surface area contributed by atoms with Crippen LogP contribution in [-0.4, -0.2) is 29.3 Å². The normalized spacial score (nSPS) is 19.4. The summed E-state index contributed by atoms with van der Waals surface area (Å²) in [7, 11) is 0. The molecule has 0 fully saturated rings. The molecule has 0 radical (unpaired) electrons.